The average Bonchev–Trinajstić information content (AvgIpc) is 3.24. The van der Waals surface area contributed by atoms with Crippen LogP contribution in [-0.4, -0.2) is 66.9 Å². The molecule has 0 aliphatic carbocycles. The summed E-state index contributed by atoms with van der Waals surface area (Å²) in [6.45, 7) is 7.34. The number of piperidine rings is 2. The summed E-state index contributed by atoms with van der Waals surface area (Å²) < 4.78 is 5.90. The van der Waals surface area contributed by atoms with E-state index in [-0.39, 0.29) is 0 Å². The SMILES string of the molecule is Cc1ccc(-c2ccccc2CN2CCCC(CCC(=O)N(C)C3CCN(C)CC3)C2)o1. The van der Waals surface area contributed by atoms with Gasteiger partial charge in [0.15, 0.2) is 0 Å². The third-order valence-electron chi connectivity index (χ3n) is 7.42. The zero-order valence-corrected chi connectivity index (χ0v) is 20.1. The van der Waals surface area contributed by atoms with Crippen LogP contribution in [0.2, 0.25) is 0 Å². The quantitative estimate of drug-likeness (QED) is 0.624. The topological polar surface area (TPSA) is 39.9 Å². The molecule has 5 nitrogen and oxygen atoms in total. The van der Waals surface area contributed by atoms with Crippen molar-refractivity contribution in [3.63, 3.8) is 0 Å². The fourth-order valence-electron chi connectivity index (χ4n) is 5.34. The van der Waals surface area contributed by atoms with Gasteiger partial charge in [-0.3, -0.25) is 9.69 Å². The average molecular weight is 438 g/mol. The number of hydrogen-bond donors (Lipinski definition) is 0. The first-order chi connectivity index (χ1) is 15.5. The van der Waals surface area contributed by atoms with Crippen molar-refractivity contribution in [3.05, 3.63) is 47.7 Å². The number of carbonyl (C=O) groups is 1. The Bertz CT molecular complexity index is 885. The Balaban J connectivity index is 1.29. The second-order valence-corrected chi connectivity index (χ2v) is 9.89. The smallest absolute Gasteiger partial charge is 0.222 e. The molecule has 1 atom stereocenters. The third kappa shape index (κ3) is 5.81. The van der Waals surface area contributed by atoms with Crippen LogP contribution in [0.15, 0.2) is 40.8 Å². The normalized spacial score (nSPS) is 21.0. The highest BCUT2D eigenvalue weighted by atomic mass is 16.3. The number of benzene rings is 1. The fraction of sp³-hybridized carbons (Fsp3) is 0.593. The first-order valence-electron chi connectivity index (χ1n) is 12.3. The maximum atomic E-state index is 12.8. The fourth-order valence-corrected chi connectivity index (χ4v) is 5.34. The van der Waals surface area contributed by atoms with E-state index >= 15 is 0 Å². The van der Waals surface area contributed by atoms with Gasteiger partial charge in [-0.2, -0.15) is 0 Å². The summed E-state index contributed by atoms with van der Waals surface area (Å²) in [5, 5.41) is 0. The molecule has 1 amide bonds. The molecule has 5 heteroatoms. The summed E-state index contributed by atoms with van der Waals surface area (Å²) in [5.74, 6) is 2.84. The Morgan fingerprint density at radius 3 is 2.62 bits per heavy atom. The van der Waals surface area contributed by atoms with Crippen molar-refractivity contribution in [1.29, 1.82) is 0 Å². The number of rotatable bonds is 7. The van der Waals surface area contributed by atoms with Gasteiger partial charge in [-0.05, 0) is 89.3 Å². The monoisotopic (exact) mass is 437 g/mol. The van der Waals surface area contributed by atoms with Crippen LogP contribution in [-0.2, 0) is 11.3 Å². The van der Waals surface area contributed by atoms with Crippen LogP contribution in [0.1, 0.15) is 49.8 Å². The molecule has 1 aromatic heterocycles. The van der Waals surface area contributed by atoms with Crippen LogP contribution in [0.3, 0.4) is 0 Å². The molecule has 0 bridgehead atoms. The molecule has 0 spiro atoms. The van der Waals surface area contributed by atoms with E-state index in [1.807, 2.05) is 24.9 Å². The van der Waals surface area contributed by atoms with Gasteiger partial charge in [0.2, 0.25) is 5.91 Å². The number of carbonyl (C=O) groups excluding carboxylic acids is 1. The van der Waals surface area contributed by atoms with Gasteiger partial charge in [-0.25, -0.2) is 0 Å². The van der Waals surface area contributed by atoms with E-state index in [0.29, 0.717) is 24.3 Å². The molecule has 0 radical (unpaired) electrons. The molecule has 2 aliphatic heterocycles. The summed E-state index contributed by atoms with van der Waals surface area (Å²) in [4.78, 5) is 19.8. The highest BCUT2D eigenvalue weighted by Crippen LogP contribution is 2.29. The van der Waals surface area contributed by atoms with Gasteiger partial charge >= 0.3 is 0 Å². The Hall–Kier alpha value is -2.11. The van der Waals surface area contributed by atoms with Crippen molar-refractivity contribution in [3.8, 4) is 11.3 Å². The Morgan fingerprint density at radius 2 is 1.88 bits per heavy atom. The molecule has 1 unspecified atom stereocenters. The summed E-state index contributed by atoms with van der Waals surface area (Å²) >= 11 is 0. The highest BCUT2D eigenvalue weighted by molar-refractivity contribution is 5.76. The van der Waals surface area contributed by atoms with Gasteiger partial charge in [-0.1, -0.05) is 24.3 Å². The number of likely N-dealkylation sites (tertiary alicyclic amines) is 2. The molecular weight excluding hydrogens is 398 g/mol. The predicted octanol–water partition coefficient (Wildman–Crippen LogP) is 4.80. The van der Waals surface area contributed by atoms with E-state index in [9.17, 15) is 4.79 Å². The number of furan rings is 1. The van der Waals surface area contributed by atoms with Crippen LogP contribution in [0, 0.1) is 12.8 Å². The van der Waals surface area contributed by atoms with E-state index in [4.69, 9.17) is 4.42 Å². The van der Waals surface area contributed by atoms with Crippen LogP contribution in [0.4, 0.5) is 0 Å². The Kier molecular flexibility index (Phi) is 7.69. The molecule has 2 aromatic rings. The standard InChI is InChI=1S/C27H39N3O2/c1-21-10-12-26(32-21)25-9-5-4-8-23(25)20-30-16-6-7-22(19-30)11-13-27(31)29(3)24-14-17-28(2)18-15-24/h4-5,8-10,12,22,24H,6-7,11,13-20H2,1-3H3. The van der Waals surface area contributed by atoms with Gasteiger partial charge in [-0.15, -0.1) is 0 Å². The van der Waals surface area contributed by atoms with Crippen molar-refractivity contribution < 1.29 is 9.21 Å². The van der Waals surface area contributed by atoms with Gasteiger partial charge in [0.05, 0.1) is 0 Å². The first kappa shape index (κ1) is 23.1. The highest BCUT2D eigenvalue weighted by Gasteiger charge is 2.26. The second kappa shape index (κ2) is 10.7. The van der Waals surface area contributed by atoms with Crippen LogP contribution < -0.4 is 0 Å². The van der Waals surface area contributed by atoms with Crippen molar-refractivity contribution in [2.75, 3.05) is 40.3 Å². The maximum absolute atomic E-state index is 12.8. The molecule has 0 N–H and O–H groups in total. The molecule has 0 saturated carbocycles. The van der Waals surface area contributed by atoms with Gasteiger partial charge in [0.25, 0.3) is 0 Å². The van der Waals surface area contributed by atoms with Crippen LogP contribution in [0.5, 0.6) is 0 Å². The lowest BCUT2D eigenvalue weighted by molar-refractivity contribution is -0.133. The van der Waals surface area contributed by atoms with E-state index in [2.05, 4.69) is 47.2 Å². The molecule has 1 aromatic carbocycles. The van der Waals surface area contributed by atoms with E-state index in [0.717, 1.165) is 63.5 Å². The maximum Gasteiger partial charge on any atom is 0.222 e. The third-order valence-corrected chi connectivity index (χ3v) is 7.42. The summed E-state index contributed by atoms with van der Waals surface area (Å²) in [7, 11) is 4.18. The van der Waals surface area contributed by atoms with E-state index < -0.39 is 0 Å². The van der Waals surface area contributed by atoms with Crippen molar-refractivity contribution >= 4 is 5.91 Å². The predicted molar refractivity (Wildman–Crippen MR) is 129 cm³/mol. The molecule has 2 saturated heterocycles. The van der Waals surface area contributed by atoms with Crippen LogP contribution in [0.25, 0.3) is 11.3 Å². The summed E-state index contributed by atoms with van der Waals surface area (Å²) in [5.41, 5.74) is 2.51. The van der Waals surface area contributed by atoms with E-state index in [1.165, 1.54) is 24.0 Å². The molecule has 2 aliphatic rings. The Labute approximate surface area is 193 Å². The second-order valence-electron chi connectivity index (χ2n) is 9.89. The van der Waals surface area contributed by atoms with Gasteiger partial charge < -0.3 is 14.2 Å². The van der Waals surface area contributed by atoms with Crippen LogP contribution >= 0.6 is 0 Å². The summed E-state index contributed by atoms with van der Waals surface area (Å²) in [6, 6.07) is 13.1. The number of aryl methyl sites for hydroxylation is 1. The Morgan fingerprint density at radius 1 is 1.09 bits per heavy atom. The minimum Gasteiger partial charge on any atom is -0.461 e. The zero-order chi connectivity index (χ0) is 22.5. The number of amides is 1. The molecule has 3 heterocycles. The zero-order valence-electron chi connectivity index (χ0n) is 20.1. The molecule has 4 rings (SSSR count). The van der Waals surface area contributed by atoms with Gasteiger partial charge in [0, 0.05) is 38.2 Å². The molecule has 32 heavy (non-hydrogen) atoms. The van der Waals surface area contributed by atoms with Gasteiger partial charge in [0.1, 0.15) is 11.5 Å². The summed E-state index contributed by atoms with van der Waals surface area (Å²) in [6.07, 6.45) is 6.34. The number of hydrogen-bond acceptors (Lipinski definition) is 4. The van der Waals surface area contributed by atoms with Crippen molar-refractivity contribution in [2.45, 2.75) is 58.0 Å². The van der Waals surface area contributed by atoms with Crippen molar-refractivity contribution in [2.24, 2.45) is 5.92 Å². The van der Waals surface area contributed by atoms with E-state index in [1.54, 1.807) is 0 Å². The lowest BCUT2D eigenvalue weighted by Crippen LogP contribution is -2.44. The van der Waals surface area contributed by atoms with Crippen molar-refractivity contribution in [1.82, 2.24) is 14.7 Å². The minimum absolute atomic E-state index is 0.329. The lowest BCUT2D eigenvalue weighted by Gasteiger charge is -2.36. The molecule has 2 fully saturated rings. The first-order valence-corrected chi connectivity index (χ1v) is 12.3. The molecular formula is C27H39N3O2. The minimum atomic E-state index is 0.329. The molecule has 174 valence electrons. The number of nitrogens with zero attached hydrogens (tertiary/aromatic N) is 3. The lowest BCUT2D eigenvalue weighted by atomic mass is 9.92. The largest absolute Gasteiger partial charge is 0.461 e.